The summed E-state index contributed by atoms with van der Waals surface area (Å²) in [5.74, 6) is 1.89. The first-order valence-electron chi connectivity index (χ1n) is 11.8. The van der Waals surface area contributed by atoms with Gasteiger partial charge in [0.1, 0.15) is 47.4 Å². The number of carbonyl (C=O) groups is 1. The molecule has 2 saturated heterocycles. The summed E-state index contributed by atoms with van der Waals surface area (Å²) in [6.45, 7) is 2.98. The lowest BCUT2D eigenvalue weighted by Gasteiger charge is -2.40. The van der Waals surface area contributed by atoms with Crippen molar-refractivity contribution in [3.8, 4) is 17.2 Å². The molecule has 0 radical (unpaired) electrons. The number of rotatable bonds is 10. The van der Waals surface area contributed by atoms with Crippen LogP contribution in [0.1, 0.15) is 28.8 Å². The normalized spacial score (nSPS) is 18.7. The first-order chi connectivity index (χ1) is 17.5. The molecule has 2 aliphatic heterocycles. The Hall–Kier alpha value is -3.07. The van der Waals surface area contributed by atoms with E-state index in [0.717, 1.165) is 24.9 Å². The van der Waals surface area contributed by atoms with E-state index >= 15 is 0 Å². The molecule has 36 heavy (non-hydrogen) atoms. The van der Waals surface area contributed by atoms with Crippen LogP contribution in [0.3, 0.4) is 0 Å². The Bertz CT molecular complexity index is 1190. The van der Waals surface area contributed by atoms with Gasteiger partial charge >= 0.3 is 0 Å². The molecule has 188 valence electrons. The number of carbonyl (C=O) groups excluding carboxylic acids is 1. The van der Waals surface area contributed by atoms with Gasteiger partial charge in [0.2, 0.25) is 0 Å². The number of halogens is 2. The van der Waals surface area contributed by atoms with Gasteiger partial charge in [0, 0.05) is 23.7 Å². The summed E-state index contributed by atoms with van der Waals surface area (Å²) in [6.07, 6.45) is 5.20. The van der Waals surface area contributed by atoms with Crippen LogP contribution in [0.5, 0.6) is 17.2 Å². The van der Waals surface area contributed by atoms with Crippen LogP contribution in [0.15, 0.2) is 54.9 Å². The monoisotopic (exact) mass is 528 g/mol. The van der Waals surface area contributed by atoms with Crippen LogP contribution >= 0.6 is 23.2 Å². The number of nitrogens with one attached hydrogen (secondary N) is 1. The zero-order valence-electron chi connectivity index (χ0n) is 19.5. The molecule has 4 heterocycles. The van der Waals surface area contributed by atoms with Crippen molar-refractivity contribution in [2.45, 2.75) is 31.5 Å². The average Bonchev–Trinajstić information content (AvgIpc) is 2.84. The second-order valence-corrected chi connectivity index (χ2v) is 9.50. The summed E-state index contributed by atoms with van der Waals surface area (Å²) in [5.41, 5.74) is 1.33. The highest BCUT2D eigenvalue weighted by molar-refractivity contribution is 6.30. The SMILES string of the molecule is O=C(c1ccc(OCc2cc(OCC3CCN3)cnc2Cl)cc1)N1CCC1COc1ccc(Cl)nc1. The van der Waals surface area contributed by atoms with Crippen LogP contribution in [0.25, 0.3) is 0 Å². The fourth-order valence-corrected chi connectivity index (χ4v) is 4.15. The number of pyridine rings is 2. The van der Waals surface area contributed by atoms with Crippen LogP contribution in [-0.2, 0) is 6.61 Å². The minimum absolute atomic E-state index is 0.0216. The summed E-state index contributed by atoms with van der Waals surface area (Å²) in [6, 6.07) is 12.8. The van der Waals surface area contributed by atoms with Crippen molar-refractivity contribution in [2.75, 3.05) is 26.3 Å². The van der Waals surface area contributed by atoms with Gasteiger partial charge in [-0.25, -0.2) is 9.97 Å². The lowest BCUT2D eigenvalue weighted by Crippen LogP contribution is -2.53. The van der Waals surface area contributed by atoms with E-state index in [9.17, 15) is 4.79 Å². The summed E-state index contributed by atoms with van der Waals surface area (Å²) in [4.78, 5) is 23.0. The number of hydrogen-bond acceptors (Lipinski definition) is 7. The highest BCUT2D eigenvalue weighted by Gasteiger charge is 2.33. The van der Waals surface area contributed by atoms with Crippen LogP contribution < -0.4 is 19.5 Å². The fourth-order valence-electron chi connectivity index (χ4n) is 3.88. The number of benzene rings is 1. The van der Waals surface area contributed by atoms with E-state index in [1.807, 2.05) is 11.0 Å². The number of likely N-dealkylation sites (tertiary alicyclic amines) is 1. The zero-order chi connectivity index (χ0) is 24.9. The zero-order valence-corrected chi connectivity index (χ0v) is 21.0. The third kappa shape index (κ3) is 6.00. The number of amides is 1. The predicted molar refractivity (Wildman–Crippen MR) is 136 cm³/mol. The number of hydrogen-bond donors (Lipinski definition) is 1. The molecule has 5 rings (SSSR count). The van der Waals surface area contributed by atoms with Crippen molar-refractivity contribution in [3.63, 3.8) is 0 Å². The summed E-state index contributed by atoms with van der Waals surface area (Å²) >= 11 is 12.0. The fraction of sp³-hybridized carbons (Fsp3) is 0.346. The molecule has 2 aromatic heterocycles. The third-order valence-corrected chi connectivity index (χ3v) is 6.87. The van der Waals surface area contributed by atoms with Gasteiger partial charge in [0.25, 0.3) is 5.91 Å². The molecule has 0 aliphatic carbocycles. The molecule has 0 spiro atoms. The van der Waals surface area contributed by atoms with Gasteiger partial charge in [-0.1, -0.05) is 23.2 Å². The van der Waals surface area contributed by atoms with E-state index in [1.165, 1.54) is 0 Å². The Morgan fingerprint density at radius 1 is 0.944 bits per heavy atom. The minimum Gasteiger partial charge on any atom is -0.490 e. The lowest BCUT2D eigenvalue weighted by molar-refractivity contribution is 0.0332. The Morgan fingerprint density at radius 3 is 2.36 bits per heavy atom. The average molecular weight is 529 g/mol. The Morgan fingerprint density at radius 2 is 1.69 bits per heavy atom. The highest BCUT2D eigenvalue weighted by Crippen LogP contribution is 2.25. The number of aromatic nitrogens is 2. The van der Waals surface area contributed by atoms with Crippen molar-refractivity contribution in [1.29, 1.82) is 0 Å². The molecule has 0 saturated carbocycles. The van der Waals surface area contributed by atoms with Crippen LogP contribution in [0.2, 0.25) is 10.3 Å². The maximum Gasteiger partial charge on any atom is 0.254 e. The molecule has 2 aliphatic rings. The van der Waals surface area contributed by atoms with Crippen LogP contribution in [-0.4, -0.2) is 59.2 Å². The van der Waals surface area contributed by atoms with Gasteiger partial charge in [-0.05, 0) is 61.9 Å². The molecule has 1 aromatic carbocycles. The van der Waals surface area contributed by atoms with Crippen LogP contribution in [0, 0.1) is 0 Å². The standard InChI is InChI=1S/C26H26Cl2N4O4/c27-24-6-5-22(12-30-24)36-16-20-8-10-32(20)26(33)17-1-3-21(4-2-17)34-14-18-11-23(13-31-25(18)28)35-15-19-7-9-29-19/h1-6,11-13,19-20,29H,7-10,14-16H2. The van der Waals surface area contributed by atoms with Gasteiger partial charge in [0.15, 0.2) is 0 Å². The molecule has 10 heteroatoms. The minimum atomic E-state index is -0.0336. The van der Waals surface area contributed by atoms with E-state index in [2.05, 4.69) is 15.3 Å². The van der Waals surface area contributed by atoms with E-state index in [1.54, 1.807) is 48.8 Å². The Kier molecular flexibility index (Phi) is 7.75. The molecule has 1 N–H and O–H groups in total. The molecular formula is C26H26Cl2N4O4. The van der Waals surface area contributed by atoms with E-state index in [-0.39, 0.29) is 18.6 Å². The van der Waals surface area contributed by atoms with E-state index < -0.39 is 0 Å². The van der Waals surface area contributed by atoms with E-state index in [0.29, 0.717) is 58.9 Å². The van der Waals surface area contributed by atoms with Gasteiger partial charge in [-0.15, -0.1) is 0 Å². The van der Waals surface area contributed by atoms with Gasteiger partial charge in [-0.2, -0.15) is 0 Å². The van der Waals surface area contributed by atoms with Crippen molar-refractivity contribution < 1.29 is 19.0 Å². The van der Waals surface area contributed by atoms with Crippen LogP contribution in [0.4, 0.5) is 0 Å². The Labute approximate surface area is 219 Å². The quantitative estimate of drug-likeness (QED) is 0.390. The first kappa shape index (κ1) is 24.6. The molecular weight excluding hydrogens is 503 g/mol. The topological polar surface area (TPSA) is 85.8 Å². The summed E-state index contributed by atoms with van der Waals surface area (Å²) in [5, 5.41) is 4.08. The highest BCUT2D eigenvalue weighted by atomic mass is 35.5. The second-order valence-electron chi connectivity index (χ2n) is 8.75. The Balaban J connectivity index is 1.12. The van der Waals surface area contributed by atoms with Gasteiger partial charge < -0.3 is 24.4 Å². The molecule has 0 bridgehead atoms. The number of ether oxygens (including phenoxy) is 3. The molecule has 2 unspecified atom stereocenters. The number of nitrogens with zero attached hydrogens (tertiary/aromatic N) is 3. The summed E-state index contributed by atoms with van der Waals surface area (Å²) in [7, 11) is 0. The summed E-state index contributed by atoms with van der Waals surface area (Å²) < 4.78 is 17.4. The van der Waals surface area contributed by atoms with Crippen molar-refractivity contribution >= 4 is 29.1 Å². The second kappa shape index (κ2) is 11.3. The molecule has 8 nitrogen and oxygen atoms in total. The predicted octanol–water partition coefficient (Wildman–Crippen LogP) is 4.40. The molecule has 2 fully saturated rings. The van der Waals surface area contributed by atoms with Gasteiger partial charge in [-0.3, -0.25) is 4.79 Å². The van der Waals surface area contributed by atoms with Crippen molar-refractivity contribution in [2.24, 2.45) is 0 Å². The van der Waals surface area contributed by atoms with E-state index in [4.69, 9.17) is 37.4 Å². The first-order valence-corrected chi connectivity index (χ1v) is 12.6. The third-order valence-electron chi connectivity index (χ3n) is 6.31. The van der Waals surface area contributed by atoms with Crippen molar-refractivity contribution in [1.82, 2.24) is 20.2 Å². The molecule has 3 aromatic rings. The maximum atomic E-state index is 13.0. The molecule has 1 amide bonds. The largest absolute Gasteiger partial charge is 0.490 e. The molecule has 2 atom stereocenters. The maximum absolute atomic E-state index is 13.0. The van der Waals surface area contributed by atoms with Crippen molar-refractivity contribution in [3.05, 3.63) is 76.3 Å². The smallest absolute Gasteiger partial charge is 0.254 e. The lowest BCUT2D eigenvalue weighted by atomic mass is 10.0. The van der Waals surface area contributed by atoms with Gasteiger partial charge in [0.05, 0.1) is 18.4 Å².